The van der Waals surface area contributed by atoms with E-state index in [0.717, 1.165) is 31.9 Å². The summed E-state index contributed by atoms with van der Waals surface area (Å²) in [5, 5.41) is 19.2. The monoisotopic (exact) mass is 293 g/mol. The number of nitriles is 1. The molecule has 0 aromatic heterocycles. The first-order chi connectivity index (χ1) is 9.39. The number of piperazine rings is 1. The first-order valence-electron chi connectivity index (χ1n) is 6.78. The average molecular weight is 294 g/mol. The lowest BCUT2D eigenvalue weighted by atomic mass is 10.1. The maximum absolute atomic E-state index is 9.84. The summed E-state index contributed by atoms with van der Waals surface area (Å²) in [5.41, 5.74) is 0.910. The third kappa shape index (κ3) is 3.86. The quantitative estimate of drug-likeness (QED) is 0.927. The van der Waals surface area contributed by atoms with Crippen LogP contribution in [0, 0.1) is 11.3 Å². The van der Waals surface area contributed by atoms with E-state index in [9.17, 15) is 5.11 Å². The normalized spacial score (nSPS) is 17.1. The molecule has 0 spiro atoms. The molecule has 0 unspecified atom stereocenters. The van der Waals surface area contributed by atoms with Crippen LogP contribution in [0.4, 0.5) is 5.69 Å². The molecule has 1 heterocycles. The first kappa shape index (κ1) is 15.1. The molecule has 0 radical (unpaired) electrons. The standard InChI is InChI=1S/C15H20ClN3O/c1-15(2,20)11-18-5-7-19(8-6-18)13-4-3-12(10-17)14(16)9-13/h3-4,9,20H,5-8,11H2,1-2H3. The lowest BCUT2D eigenvalue weighted by Crippen LogP contribution is -2.50. The summed E-state index contributed by atoms with van der Waals surface area (Å²) in [6.07, 6.45) is 0. The molecule has 1 aliphatic heterocycles. The summed E-state index contributed by atoms with van der Waals surface area (Å²) in [5.74, 6) is 0. The lowest BCUT2D eigenvalue weighted by molar-refractivity contribution is 0.0345. The zero-order valence-electron chi connectivity index (χ0n) is 11.9. The predicted octanol–water partition coefficient (Wildman–Crippen LogP) is 2.10. The van der Waals surface area contributed by atoms with Gasteiger partial charge in [0.15, 0.2) is 0 Å². The Balaban J connectivity index is 1.97. The Kier molecular flexibility index (Phi) is 4.54. The highest BCUT2D eigenvalue weighted by molar-refractivity contribution is 6.32. The van der Waals surface area contributed by atoms with Crippen molar-refractivity contribution in [1.29, 1.82) is 5.26 Å². The molecule has 2 rings (SSSR count). The van der Waals surface area contributed by atoms with Gasteiger partial charge < -0.3 is 10.0 Å². The molecule has 0 atom stereocenters. The SMILES string of the molecule is CC(C)(O)CN1CCN(c2ccc(C#N)c(Cl)c2)CC1. The fourth-order valence-corrected chi connectivity index (χ4v) is 2.72. The van der Waals surface area contributed by atoms with Crippen molar-refractivity contribution in [3.8, 4) is 6.07 Å². The van der Waals surface area contributed by atoms with Crippen LogP contribution in [-0.4, -0.2) is 48.3 Å². The maximum Gasteiger partial charge on any atom is 0.101 e. The molecule has 0 aliphatic carbocycles. The van der Waals surface area contributed by atoms with Gasteiger partial charge in [-0.1, -0.05) is 11.6 Å². The maximum atomic E-state index is 9.84. The van der Waals surface area contributed by atoms with Gasteiger partial charge >= 0.3 is 0 Å². The molecule has 1 aromatic rings. The molecule has 5 heteroatoms. The van der Waals surface area contributed by atoms with Crippen molar-refractivity contribution in [3.63, 3.8) is 0 Å². The van der Waals surface area contributed by atoms with Crippen molar-refractivity contribution >= 4 is 17.3 Å². The number of anilines is 1. The van der Waals surface area contributed by atoms with Crippen LogP contribution in [0.25, 0.3) is 0 Å². The fourth-order valence-electron chi connectivity index (χ4n) is 2.50. The van der Waals surface area contributed by atoms with Crippen LogP contribution in [0.5, 0.6) is 0 Å². The third-order valence-corrected chi connectivity index (χ3v) is 3.73. The fraction of sp³-hybridized carbons (Fsp3) is 0.533. The smallest absolute Gasteiger partial charge is 0.101 e. The molecular weight excluding hydrogens is 274 g/mol. The molecule has 1 aliphatic rings. The van der Waals surface area contributed by atoms with Crippen LogP contribution < -0.4 is 4.90 Å². The second-order valence-electron chi connectivity index (χ2n) is 5.85. The minimum absolute atomic E-state index is 0.504. The Morgan fingerprint density at radius 3 is 2.45 bits per heavy atom. The minimum atomic E-state index is -0.653. The van der Waals surface area contributed by atoms with Gasteiger partial charge in [-0.3, -0.25) is 4.90 Å². The van der Waals surface area contributed by atoms with Crippen molar-refractivity contribution in [2.75, 3.05) is 37.6 Å². The molecule has 0 saturated carbocycles. The highest BCUT2D eigenvalue weighted by atomic mass is 35.5. The van der Waals surface area contributed by atoms with Gasteiger partial charge in [0.25, 0.3) is 0 Å². The second kappa shape index (κ2) is 6.01. The zero-order valence-corrected chi connectivity index (χ0v) is 12.7. The summed E-state index contributed by atoms with van der Waals surface area (Å²) in [6, 6.07) is 7.63. The summed E-state index contributed by atoms with van der Waals surface area (Å²) < 4.78 is 0. The van der Waals surface area contributed by atoms with E-state index < -0.39 is 5.60 Å². The van der Waals surface area contributed by atoms with Gasteiger partial charge in [0.1, 0.15) is 6.07 Å². The number of nitrogens with zero attached hydrogens (tertiary/aromatic N) is 3. The Morgan fingerprint density at radius 2 is 1.95 bits per heavy atom. The van der Waals surface area contributed by atoms with Gasteiger partial charge in [-0.25, -0.2) is 0 Å². The van der Waals surface area contributed by atoms with Crippen LogP contribution in [0.3, 0.4) is 0 Å². The van der Waals surface area contributed by atoms with E-state index in [1.165, 1.54) is 0 Å². The Hall–Kier alpha value is -1.28. The van der Waals surface area contributed by atoms with Crippen LogP contribution in [-0.2, 0) is 0 Å². The number of hydrogen-bond donors (Lipinski definition) is 1. The summed E-state index contributed by atoms with van der Waals surface area (Å²) >= 11 is 6.07. The molecule has 0 amide bonds. The molecule has 0 bridgehead atoms. The second-order valence-corrected chi connectivity index (χ2v) is 6.26. The predicted molar refractivity (Wildman–Crippen MR) is 81.1 cm³/mol. The van der Waals surface area contributed by atoms with Gasteiger partial charge in [0.05, 0.1) is 16.2 Å². The van der Waals surface area contributed by atoms with Crippen LogP contribution in [0.15, 0.2) is 18.2 Å². The minimum Gasteiger partial charge on any atom is -0.389 e. The van der Waals surface area contributed by atoms with Gasteiger partial charge in [0, 0.05) is 38.4 Å². The molecule has 1 fully saturated rings. The Labute approximate surface area is 125 Å². The van der Waals surface area contributed by atoms with E-state index in [4.69, 9.17) is 16.9 Å². The van der Waals surface area contributed by atoms with Crippen molar-refractivity contribution in [2.45, 2.75) is 19.4 Å². The summed E-state index contributed by atoms with van der Waals surface area (Å²) in [4.78, 5) is 4.52. The third-order valence-electron chi connectivity index (χ3n) is 3.42. The molecule has 4 nitrogen and oxygen atoms in total. The van der Waals surface area contributed by atoms with Gasteiger partial charge in [-0.05, 0) is 32.0 Å². The largest absolute Gasteiger partial charge is 0.389 e. The number of benzene rings is 1. The molecule has 1 saturated heterocycles. The Bertz CT molecular complexity index is 511. The van der Waals surface area contributed by atoms with E-state index >= 15 is 0 Å². The van der Waals surface area contributed by atoms with Crippen LogP contribution in [0.1, 0.15) is 19.4 Å². The lowest BCUT2D eigenvalue weighted by Gasteiger charge is -2.38. The van der Waals surface area contributed by atoms with E-state index in [0.29, 0.717) is 17.1 Å². The van der Waals surface area contributed by atoms with Gasteiger partial charge in [-0.2, -0.15) is 5.26 Å². The van der Waals surface area contributed by atoms with Crippen molar-refractivity contribution in [1.82, 2.24) is 4.90 Å². The van der Waals surface area contributed by atoms with Gasteiger partial charge in [-0.15, -0.1) is 0 Å². The number of rotatable bonds is 3. The Morgan fingerprint density at radius 1 is 1.30 bits per heavy atom. The average Bonchev–Trinajstić information content (AvgIpc) is 2.37. The highest BCUT2D eigenvalue weighted by Crippen LogP contribution is 2.24. The summed E-state index contributed by atoms with van der Waals surface area (Å²) in [6.45, 7) is 7.99. The molecule has 20 heavy (non-hydrogen) atoms. The zero-order chi connectivity index (χ0) is 14.8. The number of aliphatic hydroxyl groups is 1. The molecule has 1 aromatic carbocycles. The molecule has 108 valence electrons. The van der Waals surface area contributed by atoms with Crippen LogP contribution in [0.2, 0.25) is 5.02 Å². The first-order valence-corrected chi connectivity index (χ1v) is 7.16. The number of hydrogen-bond acceptors (Lipinski definition) is 4. The van der Waals surface area contributed by atoms with Crippen molar-refractivity contribution in [3.05, 3.63) is 28.8 Å². The van der Waals surface area contributed by atoms with Crippen LogP contribution >= 0.6 is 11.6 Å². The van der Waals surface area contributed by atoms with E-state index in [1.54, 1.807) is 6.07 Å². The van der Waals surface area contributed by atoms with Gasteiger partial charge in [0.2, 0.25) is 0 Å². The molecule has 1 N–H and O–H groups in total. The van der Waals surface area contributed by atoms with Crippen molar-refractivity contribution in [2.24, 2.45) is 0 Å². The van der Waals surface area contributed by atoms with E-state index in [1.807, 2.05) is 26.0 Å². The summed E-state index contributed by atoms with van der Waals surface area (Å²) in [7, 11) is 0. The topological polar surface area (TPSA) is 50.5 Å². The van der Waals surface area contributed by atoms with E-state index in [2.05, 4.69) is 15.9 Å². The number of halogens is 1. The number of β-amino-alcohol motifs (C(OH)–C–C–N with tert-alkyl or cyclic N) is 1. The van der Waals surface area contributed by atoms with E-state index in [-0.39, 0.29) is 0 Å². The highest BCUT2D eigenvalue weighted by Gasteiger charge is 2.23. The molecular formula is C15H20ClN3O. The van der Waals surface area contributed by atoms with Crippen molar-refractivity contribution < 1.29 is 5.11 Å².